The summed E-state index contributed by atoms with van der Waals surface area (Å²) in [4.78, 5) is 27.3. The van der Waals surface area contributed by atoms with Crippen LogP contribution in [0.5, 0.6) is 0 Å². The number of hydrogen-bond acceptors (Lipinski definition) is 2. The van der Waals surface area contributed by atoms with Crippen LogP contribution in [0, 0.1) is 12.7 Å². The summed E-state index contributed by atoms with van der Waals surface area (Å²) in [6.45, 7) is 9.31. The van der Waals surface area contributed by atoms with Gasteiger partial charge in [-0.05, 0) is 51.8 Å². The summed E-state index contributed by atoms with van der Waals surface area (Å²) in [6, 6.07) is 13.2. The minimum Gasteiger partial charge on any atom is -0.350 e. The lowest BCUT2D eigenvalue weighted by Gasteiger charge is -2.31. The Morgan fingerprint density at radius 3 is 2.18 bits per heavy atom. The smallest absolute Gasteiger partial charge is 0.242 e. The fraction of sp³-hybridized carbons (Fsp3) is 0.391. The van der Waals surface area contributed by atoms with Gasteiger partial charge in [0, 0.05) is 17.6 Å². The topological polar surface area (TPSA) is 49.4 Å². The second-order valence-corrected chi connectivity index (χ2v) is 8.13. The molecule has 0 aromatic heterocycles. The molecule has 1 unspecified atom stereocenters. The van der Waals surface area contributed by atoms with E-state index >= 15 is 0 Å². The van der Waals surface area contributed by atoms with Gasteiger partial charge in [-0.2, -0.15) is 0 Å². The van der Waals surface area contributed by atoms with E-state index in [1.54, 1.807) is 25.1 Å². The highest BCUT2D eigenvalue weighted by Gasteiger charge is 2.29. The highest BCUT2D eigenvalue weighted by molar-refractivity contribution is 5.88. The zero-order valence-corrected chi connectivity index (χ0v) is 17.3. The summed E-state index contributed by atoms with van der Waals surface area (Å²) in [5.74, 6) is -0.865. The third-order valence-corrected chi connectivity index (χ3v) is 4.57. The van der Waals surface area contributed by atoms with Gasteiger partial charge in [0.05, 0.1) is 6.42 Å². The number of nitrogens with zero attached hydrogens (tertiary/aromatic N) is 1. The molecule has 2 rings (SSSR count). The summed E-state index contributed by atoms with van der Waals surface area (Å²) in [7, 11) is 0. The molecule has 2 aromatic carbocycles. The third kappa shape index (κ3) is 5.91. The fourth-order valence-electron chi connectivity index (χ4n) is 2.94. The van der Waals surface area contributed by atoms with E-state index in [0.717, 1.165) is 11.1 Å². The fourth-order valence-corrected chi connectivity index (χ4v) is 2.94. The van der Waals surface area contributed by atoms with Gasteiger partial charge >= 0.3 is 0 Å². The number of amides is 2. The van der Waals surface area contributed by atoms with Gasteiger partial charge in [-0.25, -0.2) is 4.39 Å². The molecule has 1 atom stereocenters. The van der Waals surface area contributed by atoms with Gasteiger partial charge < -0.3 is 10.2 Å². The van der Waals surface area contributed by atoms with Crippen molar-refractivity contribution in [1.82, 2.24) is 10.2 Å². The molecule has 0 saturated carbocycles. The van der Waals surface area contributed by atoms with Crippen molar-refractivity contribution in [2.24, 2.45) is 0 Å². The Bertz CT molecular complexity index is 842. The van der Waals surface area contributed by atoms with Gasteiger partial charge in [-0.1, -0.05) is 42.5 Å². The summed E-state index contributed by atoms with van der Waals surface area (Å²) in [5.41, 5.74) is 1.87. The molecule has 0 bridgehead atoms. The number of nitrogens with one attached hydrogen (secondary N) is 1. The molecule has 5 heteroatoms. The van der Waals surface area contributed by atoms with Crippen molar-refractivity contribution in [2.45, 2.75) is 59.2 Å². The van der Waals surface area contributed by atoms with E-state index in [9.17, 15) is 14.0 Å². The van der Waals surface area contributed by atoms with Crippen LogP contribution in [0.15, 0.2) is 48.5 Å². The Morgan fingerprint density at radius 1 is 1.04 bits per heavy atom. The minimum atomic E-state index is -0.727. The maximum atomic E-state index is 14.2. The Kier molecular flexibility index (Phi) is 6.95. The Hall–Kier alpha value is -2.69. The first-order valence-corrected chi connectivity index (χ1v) is 9.48. The summed E-state index contributed by atoms with van der Waals surface area (Å²) < 4.78 is 14.2. The molecular weight excluding hydrogens is 355 g/mol. The van der Waals surface area contributed by atoms with Crippen molar-refractivity contribution < 1.29 is 14.0 Å². The van der Waals surface area contributed by atoms with Crippen LogP contribution in [-0.4, -0.2) is 28.3 Å². The standard InChI is InChI=1S/C23H29FN2O2/c1-16-10-6-7-11-18(16)14-21(27)26(15-19-12-8-9-13-20(19)24)17(2)22(28)25-23(3,4)5/h6-13,17H,14-15H2,1-5H3,(H,25,28). The third-order valence-electron chi connectivity index (χ3n) is 4.57. The number of aryl methyl sites for hydroxylation is 1. The highest BCUT2D eigenvalue weighted by atomic mass is 19.1. The molecule has 0 spiro atoms. The maximum absolute atomic E-state index is 14.2. The van der Waals surface area contributed by atoms with Crippen molar-refractivity contribution in [3.63, 3.8) is 0 Å². The van der Waals surface area contributed by atoms with Crippen LogP contribution >= 0.6 is 0 Å². The van der Waals surface area contributed by atoms with Crippen LogP contribution in [-0.2, 0) is 22.6 Å². The average Bonchev–Trinajstić information content (AvgIpc) is 2.61. The average molecular weight is 384 g/mol. The Balaban J connectivity index is 2.29. The number of benzene rings is 2. The van der Waals surface area contributed by atoms with Gasteiger partial charge in [-0.15, -0.1) is 0 Å². The normalized spacial score (nSPS) is 12.4. The lowest BCUT2D eigenvalue weighted by Crippen LogP contribution is -2.52. The van der Waals surface area contributed by atoms with Crippen molar-refractivity contribution in [1.29, 1.82) is 0 Å². The van der Waals surface area contributed by atoms with Crippen molar-refractivity contribution in [2.75, 3.05) is 0 Å². The van der Waals surface area contributed by atoms with E-state index in [0.29, 0.717) is 5.56 Å². The molecule has 0 heterocycles. The second kappa shape index (κ2) is 9.00. The second-order valence-electron chi connectivity index (χ2n) is 8.13. The lowest BCUT2D eigenvalue weighted by molar-refractivity contribution is -0.140. The molecule has 0 aliphatic carbocycles. The van der Waals surface area contributed by atoms with Crippen LogP contribution in [0.25, 0.3) is 0 Å². The predicted molar refractivity (Wildman–Crippen MR) is 109 cm³/mol. The largest absolute Gasteiger partial charge is 0.350 e. The summed E-state index contributed by atoms with van der Waals surface area (Å²) in [6.07, 6.45) is 0.161. The van der Waals surface area contributed by atoms with Crippen molar-refractivity contribution in [3.05, 3.63) is 71.0 Å². The number of halogens is 1. The maximum Gasteiger partial charge on any atom is 0.242 e. The minimum absolute atomic E-state index is 0.0378. The van der Waals surface area contributed by atoms with E-state index in [1.807, 2.05) is 52.0 Å². The number of rotatable bonds is 6. The molecule has 2 amide bonds. The van der Waals surface area contributed by atoms with Gasteiger partial charge in [0.15, 0.2) is 0 Å². The van der Waals surface area contributed by atoms with Gasteiger partial charge in [0.1, 0.15) is 11.9 Å². The van der Waals surface area contributed by atoms with Crippen molar-refractivity contribution in [3.8, 4) is 0 Å². The van der Waals surface area contributed by atoms with Gasteiger partial charge in [0.2, 0.25) is 11.8 Å². The molecule has 0 aliphatic rings. The molecule has 1 N–H and O–H groups in total. The van der Waals surface area contributed by atoms with Gasteiger partial charge in [-0.3, -0.25) is 9.59 Å². The molecule has 0 radical (unpaired) electrons. The van der Waals surface area contributed by atoms with Crippen LogP contribution < -0.4 is 5.32 Å². The predicted octanol–water partition coefficient (Wildman–Crippen LogP) is 4.01. The first-order chi connectivity index (χ1) is 13.1. The lowest BCUT2D eigenvalue weighted by atomic mass is 10.0. The van der Waals surface area contributed by atoms with Crippen LogP contribution in [0.4, 0.5) is 4.39 Å². The zero-order chi connectivity index (χ0) is 20.9. The summed E-state index contributed by atoms with van der Waals surface area (Å²) in [5, 5.41) is 2.90. The van der Waals surface area contributed by atoms with E-state index in [4.69, 9.17) is 0 Å². The van der Waals surface area contributed by atoms with E-state index in [2.05, 4.69) is 5.32 Å². The zero-order valence-electron chi connectivity index (χ0n) is 17.3. The summed E-state index contributed by atoms with van der Waals surface area (Å²) >= 11 is 0. The molecule has 150 valence electrons. The first-order valence-electron chi connectivity index (χ1n) is 9.48. The van der Waals surface area contributed by atoms with Crippen LogP contribution in [0.1, 0.15) is 44.4 Å². The Labute approximate surface area is 166 Å². The van der Waals surface area contributed by atoms with Gasteiger partial charge in [0.25, 0.3) is 0 Å². The molecule has 0 fully saturated rings. The first kappa shape index (κ1) is 21.6. The van der Waals surface area contributed by atoms with Crippen LogP contribution in [0.3, 0.4) is 0 Å². The monoisotopic (exact) mass is 384 g/mol. The van der Waals surface area contributed by atoms with E-state index < -0.39 is 11.6 Å². The van der Waals surface area contributed by atoms with E-state index in [-0.39, 0.29) is 30.6 Å². The number of hydrogen-bond donors (Lipinski definition) is 1. The molecule has 0 saturated heterocycles. The Morgan fingerprint density at radius 2 is 1.61 bits per heavy atom. The highest BCUT2D eigenvalue weighted by Crippen LogP contribution is 2.17. The van der Waals surface area contributed by atoms with Crippen LogP contribution in [0.2, 0.25) is 0 Å². The number of carbonyl (C=O) groups excluding carboxylic acids is 2. The SMILES string of the molecule is Cc1ccccc1CC(=O)N(Cc1ccccc1F)C(C)C(=O)NC(C)(C)C. The van der Waals surface area contributed by atoms with Crippen molar-refractivity contribution >= 4 is 11.8 Å². The van der Waals surface area contributed by atoms with E-state index in [1.165, 1.54) is 11.0 Å². The molecule has 28 heavy (non-hydrogen) atoms. The molecule has 0 aliphatic heterocycles. The molecule has 2 aromatic rings. The molecular formula is C23H29FN2O2. The number of carbonyl (C=O) groups is 2. The quantitative estimate of drug-likeness (QED) is 0.818. The molecule has 4 nitrogen and oxygen atoms in total.